The molecule has 0 aliphatic rings. The molecule has 0 aliphatic heterocycles. The second-order valence-electron chi connectivity index (χ2n) is 3.43. The molecule has 0 atom stereocenters. The second kappa shape index (κ2) is 4.73. The van der Waals surface area contributed by atoms with Gasteiger partial charge in [0.1, 0.15) is 5.15 Å². The molecule has 0 spiro atoms. The van der Waals surface area contributed by atoms with Crippen LogP contribution in [-0.4, -0.2) is 4.98 Å². The van der Waals surface area contributed by atoms with Gasteiger partial charge in [-0.2, -0.15) is 0 Å². The zero-order chi connectivity index (χ0) is 11.5. The zero-order valence-electron chi connectivity index (χ0n) is 8.67. The van der Waals surface area contributed by atoms with E-state index in [1.54, 1.807) is 6.07 Å². The summed E-state index contributed by atoms with van der Waals surface area (Å²) in [5, 5.41) is 4.19. The summed E-state index contributed by atoms with van der Waals surface area (Å²) in [6.07, 6.45) is 1.53. The average molecular weight is 253 g/mol. The highest BCUT2D eigenvalue weighted by Gasteiger charge is 2.03. The fraction of sp³-hybridized carbons (Fsp3) is 0.0833. The summed E-state index contributed by atoms with van der Waals surface area (Å²) in [4.78, 5) is 3.90. The van der Waals surface area contributed by atoms with E-state index in [1.807, 2.05) is 31.2 Å². The van der Waals surface area contributed by atoms with Gasteiger partial charge in [-0.15, -0.1) is 0 Å². The number of halogens is 2. The minimum absolute atomic E-state index is 0.417. The van der Waals surface area contributed by atoms with Gasteiger partial charge in [-0.25, -0.2) is 4.98 Å². The van der Waals surface area contributed by atoms with Gasteiger partial charge in [-0.3, -0.25) is 0 Å². The third-order valence-corrected chi connectivity index (χ3v) is 2.74. The van der Waals surface area contributed by atoms with Crippen molar-refractivity contribution >= 4 is 34.6 Å². The molecular weight excluding hydrogens is 243 g/mol. The Hall–Kier alpha value is -1.25. The van der Waals surface area contributed by atoms with E-state index in [1.165, 1.54) is 6.20 Å². The number of pyridine rings is 1. The van der Waals surface area contributed by atoms with Crippen molar-refractivity contribution in [3.8, 4) is 0 Å². The van der Waals surface area contributed by atoms with Crippen LogP contribution in [0.1, 0.15) is 5.56 Å². The zero-order valence-corrected chi connectivity index (χ0v) is 10.2. The van der Waals surface area contributed by atoms with Gasteiger partial charge in [0.25, 0.3) is 0 Å². The van der Waals surface area contributed by atoms with Gasteiger partial charge >= 0.3 is 0 Å². The molecule has 1 aromatic heterocycles. The van der Waals surface area contributed by atoms with Gasteiger partial charge in [0.15, 0.2) is 0 Å². The van der Waals surface area contributed by atoms with Crippen molar-refractivity contribution in [1.82, 2.24) is 4.98 Å². The Bertz CT molecular complexity index is 512. The maximum Gasteiger partial charge on any atom is 0.131 e. The molecule has 2 nitrogen and oxygen atoms in total. The quantitative estimate of drug-likeness (QED) is 0.800. The second-order valence-corrected chi connectivity index (χ2v) is 4.22. The molecule has 0 saturated heterocycles. The number of rotatable bonds is 2. The number of nitrogens with zero attached hydrogens (tertiary/aromatic N) is 1. The van der Waals surface area contributed by atoms with Crippen LogP contribution in [0.15, 0.2) is 36.5 Å². The molecule has 0 unspecified atom stereocenters. The minimum Gasteiger partial charge on any atom is -0.354 e. The van der Waals surface area contributed by atoms with Crippen molar-refractivity contribution in [1.29, 1.82) is 0 Å². The lowest BCUT2D eigenvalue weighted by Gasteiger charge is -2.10. The minimum atomic E-state index is 0.417. The molecule has 0 bridgehead atoms. The van der Waals surface area contributed by atoms with Crippen molar-refractivity contribution in [2.45, 2.75) is 6.92 Å². The van der Waals surface area contributed by atoms with Gasteiger partial charge in [0.05, 0.1) is 10.7 Å². The van der Waals surface area contributed by atoms with Crippen molar-refractivity contribution in [2.75, 3.05) is 5.32 Å². The van der Waals surface area contributed by atoms with E-state index >= 15 is 0 Å². The molecule has 4 heteroatoms. The van der Waals surface area contributed by atoms with Crippen LogP contribution in [0.2, 0.25) is 10.2 Å². The number of aromatic nitrogens is 1. The molecule has 0 amide bonds. The largest absolute Gasteiger partial charge is 0.354 e. The monoisotopic (exact) mass is 252 g/mol. The molecule has 0 fully saturated rings. The molecule has 82 valence electrons. The standard InChI is InChI=1S/C12H10Cl2N2/c1-8-4-2-3-5-10(8)16-11-6-12(14)15-7-9(11)13/h2-7H,1H3,(H,15,16). The highest BCUT2D eigenvalue weighted by Crippen LogP contribution is 2.27. The lowest BCUT2D eigenvalue weighted by Crippen LogP contribution is -1.94. The average Bonchev–Trinajstić information content (AvgIpc) is 2.27. The van der Waals surface area contributed by atoms with Gasteiger partial charge in [-0.1, -0.05) is 41.4 Å². The normalized spacial score (nSPS) is 10.2. The number of hydrogen-bond donors (Lipinski definition) is 1. The third kappa shape index (κ3) is 2.46. The topological polar surface area (TPSA) is 24.9 Å². The molecule has 1 N–H and O–H groups in total. The van der Waals surface area contributed by atoms with Crippen LogP contribution in [0.3, 0.4) is 0 Å². The lowest BCUT2D eigenvalue weighted by molar-refractivity contribution is 1.32. The van der Waals surface area contributed by atoms with E-state index in [9.17, 15) is 0 Å². The van der Waals surface area contributed by atoms with Crippen LogP contribution in [0, 0.1) is 6.92 Å². The Labute approximate surface area is 104 Å². The maximum atomic E-state index is 6.01. The SMILES string of the molecule is Cc1ccccc1Nc1cc(Cl)ncc1Cl. The summed E-state index contributed by atoms with van der Waals surface area (Å²) in [7, 11) is 0. The Morgan fingerprint density at radius 2 is 1.88 bits per heavy atom. The molecular formula is C12H10Cl2N2. The Kier molecular flexibility index (Phi) is 3.32. The maximum absolute atomic E-state index is 6.01. The van der Waals surface area contributed by atoms with Gasteiger partial charge in [-0.05, 0) is 18.6 Å². The van der Waals surface area contributed by atoms with Gasteiger partial charge in [0, 0.05) is 18.0 Å². The Morgan fingerprint density at radius 1 is 1.12 bits per heavy atom. The summed E-state index contributed by atoms with van der Waals surface area (Å²) in [6.45, 7) is 2.03. The fourth-order valence-electron chi connectivity index (χ4n) is 1.37. The third-order valence-electron chi connectivity index (χ3n) is 2.24. The van der Waals surface area contributed by atoms with Crippen LogP contribution in [-0.2, 0) is 0 Å². The van der Waals surface area contributed by atoms with Crippen molar-refractivity contribution in [3.63, 3.8) is 0 Å². The number of hydrogen-bond acceptors (Lipinski definition) is 2. The number of anilines is 2. The fourth-order valence-corrected chi connectivity index (χ4v) is 1.68. The van der Waals surface area contributed by atoms with Crippen molar-refractivity contribution < 1.29 is 0 Å². The molecule has 1 aromatic carbocycles. The Balaban J connectivity index is 2.34. The van der Waals surface area contributed by atoms with E-state index in [0.29, 0.717) is 10.2 Å². The summed E-state index contributed by atoms with van der Waals surface area (Å²) >= 11 is 11.8. The van der Waals surface area contributed by atoms with Crippen molar-refractivity contribution in [3.05, 3.63) is 52.3 Å². The van der Waals surface area contributed by atoms with Crippen molar-refractivity contribution in [2.24, 2.45) is 0 Å². The first-order chi connectivity index (χ1) is 7.66. The van der Waals surface area contributed by atoms with Gasteiger partial charge in [0.2, 0.25) is 0 Å². The summed E-state index contributed by atoms with van der Waals surface area (Å²) in [5.74, 6) is 0. The van der Waals surface area contributed by atoms with E-state index in [2.05, 4.69) is 10.3 Å². The molecule has 2 aromatic rings. The smallest absolute Gasteiger partial charge is 0.131 e. The molecule has 0 radical (unpaired) electrons. The van der Waals surface area contributed by atoms with Crippen LogP contribution in [0.25, 0.3) is 0 Å². The first-order valence-electron chi connectivity index (χ1n) is 4.80. The summed E-state index contributed by atoms with van der Waals surface area (Å²) in [6, 6.07) is 9.67. The number of nitrogens with one attached hydrogen (secondary N) is 1. The predicted octanol–water partition coefficient (Wildman–Crippen LogP) is 4.44. The summed E-state index contributed by atoms with van der Waals surface area (Å²) in [5.41, 5.74) is 2.91. The molecule has 16 heavy (non-hydrogen) atoms. The van der Waals surface area contributed by atoms with Crippen LogP contribution in [0.5, 0.6) is 0 Å². The first-order valence-corrected chi connectivity index (χ1v) is 5.56. The van der Waals surface area contributed by atoms with Crippen LogP contribution < -0.4 is 5.32 Å². The molecule has 0 saturated carbocycles. The highest BCUT2D eigenvalue weighted by atomic mass is 35.5. The van der Waals surface area contributed by atoms with E-state index in [0.717, 1.165) is 16.9 Å². The predicted molar refractivity (Wildman–Crippen MR) is 68.7 cm³/mol. The Morgan fingerprint density at radius 3 is 2.62 bits per heavy atom. The lowest BCUT2D eigenvalue weighted by atomic mass is 10.2. The number of benzene rings is 1. The van der Waals surface area contributed by atoms with E-state index in [4.69, 9.17) is 23.2 Å². The molecule has 1 heterocycles. The van der Waals surface area contributed by atoms with E-state index in [-0.39, 0.29) is 0 Å². The first kappa shape index (κ1) is 11.2. The van der Waals surface area contributed by atoms with Gasteiger partial charge < -0.3 is 5.32 Å². The molecule has 0 aliphatic carbocycles. The highest BCUT2D eigenvalue weighted by molar-refractivity contribution is 6.34. The van der Waals surface area contributed by atoms with Crippen LogP contribution in [0.4, 0.5) is 11.4 Å². The number of aryl methyl sites for hydroxylation is 1. The van der Waals surface area contributed by atoms with Crippen LogP contribution >= 0.6 is 23.2 Å². The number of para-hydroxylation sites is 1. The molecule has 2 rings (SSSR count). The summed E-state index contributed by atoms with van der Waals surface area (Å²) < 4.78 is 0. The van der Waals surface area contributed by atoms with E-state index < -0.39 is 0 Å².